The van der Waals surface area contributed by atoms with Gasteiger partial charge >= 0.3 is 6.03 Å². The fourth-order valence-electron chi connectivity index (χ4n) is 2.27. The van der Waals surface area contributed by atoms with Gasteiger partial charge in [-0.3, -0.25) is 14.4 Å². The molecule has 0 saturated heterocycles. The van der Waals surface area contributed by atoms with Crippen LogP contribution in [0.2, 0.25) is 0 Å². The molecule has 3 atom stereocenters. The van der Waals surface area contributed by atoms with Crippen LogP contribution in [0.3, 0.4) is 0 Å². The first-order chi connectivity index (χ1) is 12.4. The lowest BCUT2D eigenvalue weighted by atomic mass is 9.96. The van der Waals surface area contributed by atoms with Crippen LogP contribution in [-0.2, 0) is 14.4 Å². The highest BCUT2D eigenvalue weighted by atomic mass is 16.3. The number of hydrogen-bond donors (Lipinski definition) is 5. The van der Waals surface area contributed by atoms with E-state index in [1.165, 1.54) is 13.1 Å². The second kappa shape index (κ2) is 11.0. The number of ketones is 1. The van der Waals surface area contributed by atoms with E-state index < -0.39 is 36.4 Å². The molecule has 0 aromatic heterocycles. The Kier molecular flexibility index (Phi) is 9.07. The average molecular weight is 366 g/mol. The van der Waals surface area contributed by atoms with E-state index in [1.54, 1.807) is 25.2 Å². The number of hydrogen-bond acceptors (Lipinski definition) is 5. The third-order valence-corrected chi connectivity index (χ3v) is 3.75. The average Bonchev–Trinajstić information content (AvgIpc) is 2.61. The van der Waals surface area contributed by atoms with E-state index in [0.717, 1.165) is 0 Å². The van der Waals surface area contributed by atoms with E-state index in [1.807, 2.05) is 0 Å². The van der Waals surface area contributed by atoms with E-state index in [2.05, 4.69) is 21.3 Å². The Labute approximate surface area is 152 Å². The normalized spacial score (nSPS) is 24.7. The van der Waals surface area contributed by atoms with Crippen LogP contribution in [0, 0.1) is 5.92 Å². The molecule has 4 amide bonds. The monoisotopic (exact) mass is 366 g/mol. The predicted octanol–water partition coefficient (Wildman–Crippen LogP) is -1.01. The van der Waals surface area contributed by atoms with E-state index in [-0.39, 0.29) is 18.2 Å². The number of carbonyl (C=O) groups is 4. The van der Waals surface area contributed by atoms with Crippen molar-refractivity contribution in [2.45, 2.75) is 31.8 Å². The van der Waals surface area contributed by atoms with Crippen LogP contribution in [0.25, 0.3) is 0 Å². The Balaban J connectivity index is 2.83. The number of Topliss-reactive ketones (excluding diaryl/α,β-unsaturated/α-hetero) is 1. The summed E-state index contributed by atoms with van der Waals surface area (Å²) in [6.45, 7) is 1.56. The summed E-state index contributed by atoms with van der Waals surface area (Å²) < 4.78 is 0. The molecule has 1 aliphatic heterocycles. The maximum absolute atomic E-state index is 12.4. The third kappa shape index (κ3) is 7.47. The molecule has 0 bridgehead atoms. The number of nitrogens with one attached hydrogen (secondary N) is 4. The number of urea groups is 1. The highest BCUT2D eigenvalue weighted by molar-refractivity contribution is 5.93. The largest absolute Gasteiger partial charge is 0.394 e. The zero-order valence-corrected chi connectivity index (χ0v) is 15.0. The molecule has 0 radical (unpaired) electrons. The second-order valence-electron chi connectivity index (χ2n) is 5.90. The van der Waals surface area contributed by atoms with Gasteiger partial charge < -0.3 is 26.4 Å². The minimum Gasteiger partial charge on any atom is -0.394 e. The summed E-state index contributed by atoms with van der Waals surface area (Å²) in [6.07, 6.45) is 6.57. The first-order valence-corrected chi connectivity index (χ1v) is 8.42. The van der Waals surface area contributed by atoms with Gasteiger partial charge in [0, 0.05) is 32.1 Å². The van der Waals surface area contributed by atoms with Gasteiger partial charge in [-0.15, -0.1) is 0 Å². The molecular formula is C17H26N4O5. The summed E-state index contributed by atoms with van der Waals surface area (Å²) >= 11 is 0. The van der Waals surface area contributed by atoms with Gasteiger partial charge in [0.2, 0.25) is 11.8 Å². The molecule has 1 unspecified atom stereocenters. The number of amides is 4. The van der Waals surface area contributed by atoms with Gasteiger partial charge in [-0.2, -0.15) is 0 Å². The van der Waals surface area contributed by atoms with Crippen molar-refractivity contribution in [3.8, 4) is 0 Å². The summed E-state index contributed by atoms with van der Waals surface area (Å²) in [4.78, 5) is 47.6. The van der Waals surface area contributed by atoms with Crippen LogP contribution in [0.1, 0.15) is 19.8 Å². The third-order valence-electron chi connectivity index (χ3n) is 3.75. The minimum absolute atomic E-state index is 0.166. The van der Waals surface area contributed by atoms with Crippen molar-refractivity contribution in [2.75, 3.05) is 20.2 Å². The van der Waals surface area contributed by atoms with Crippen molar-refractivity contribution < 1.29 is 24.3 Å². The van der Waals surface area contributed by atoms with Crippen molar-refractivity contribution in [1.29, 1.82) is 0 Å². The fraction of sp³-hybridized carbons (Fsp3) is 0.529. The number of rotatable bonds is 5. The highest BCUT2D eigenvalue weighted by Gasteiger charge is 2.26. The van der Waals surface area contributed by atoms with Crippen molar-refractivity contribution in [3.05, 3.63) is 24.3 Å². The summed E-state index contributed by atoms with van der Waals surface area (Å²) in [5.41, 5.74) is 0. The van der Waals surface area contributed by atoms with Crippen LogP contribution >= 0.6 is 0 Å². The molecule has 5 N–H and O–H groups in total. The highest BCUT2D eigenvalue weighted by Crippen LogP contribution is 2.10. The summed E-state index contributed by atoms with van der Waals surface area (Å²) in [6, 6.07) is -2.07. The van der Waals surface area contributed by atoms with Crippen molar-refractivity contribution in [2.24, 2.45) is 5.92 Å². The zero-order valence-electron chi connectivity index (χ0n) is 15.0. The fourth-order valence-corrected chi connectivity index (χ4v) is 2.27. The molecule has 0 aromatic carbocycles. The maximum Gasteiger partial charge on any atom is 0.315 e. The summed E-state index contributed by atoms with van der Waals surface area (Å²) in [5.74, 6) is -1.80. The number of carbonyl (C=O) groups excluding carboxylic acids is 4. The smallest absolute Gasteiger partial charge is 0.315 e. The van der Waals surface area contributed by atoms with Crippen molar-refractivity contribution in [1.82, 2.24) is 21.3 Å². The van der Waals surface area contributed by atoms with E-state index in [0.29, 0.717) is 13.0 Å². The molecule has 0 aliphatic carbocycles. The second-order valence-corrected chi connectivity index (χ2v) is 5.90. The topological polar surface area (TPSA) is 137 Å². The molecule has 9 nitrogen and oxygen atoms in total. The Morgan fingerprint density at radius 1 is 1.35 bits per heavy atom. The molecule has 9 heteroatoms. The van der Waals surface area contributed by atoms with Gasteiger partial charge in [-0.1, -0.05) is 18.2 Å². The molecular weight excluding hydrogens is 340 g/mol. The van der Waals surface area contributed by atoms with E-state index in [9.17, 15) is 24.3 Å². The lowest BCUT2D eigenvalue weighted by molar-refractivity contribution is -0.129. The lowest BCUT2D eigenvalue weighted by Gasteiger charge is -2.19. The van der Waals surface area contributed by atoms with Crippen LogP contribution in [0.4, 0.5) is 4.79 Å². The predicted molar refractivity (Wildman–Crippen MR) is 95.1 cm³/mol. The lowest BCUT2D eigenvalue weighted by Crippen LogP contribution is -2.48. The van der Waals surface area contributed by atoms with Crippen LogP contribution < -0.4 is 21.3 Å². The first-order valence-electron chi connectivity index (χ1n) is 8.42. The summed E-state index contributed by atoms with van der Waals surface area (Å²) in [7, 11) is 1.39. The van der Waals surface area contributed by atoms with E-state index in [4.69, 9.17) is 0 Å². The molecule has 0 saturated carbocycles. The van der Waals surface area contributed by atoms with Gasteiger partial charge in [-0.05, 0) is 13.3 Å². The quantitative estimate of drug-likeness (QED) is 0.397. The minimum atomic E-state index is -1.09. The van der Waals surface area contributed by atoms with E-state index >= 15 is 0 Å². The molecule has 0 aromatic rings. The van der Waals surface area contributed by atoms with Gasteiger partial charge in [0.25, 0.3) is 0 Å². The molecule has 1 aliphatic rings. The van der Waals surface area contributed by atoms with Crippen molar-refractivity contribution in [3.63, 3.8) is 0 Å². The SMILES string of the molecule is CNC(=O)NC(CO)C(=O)C[C@H]1/C=C/CCNC(=O)/C=C/[C@H](C)NC1=O. The van der Waals surface area contributed by atoms with Gasteiger partial charge in [0.1, 0.15) is 6.04 Å². The molecule has 0 fully saturated rings. The van der Waals surface area contributed by atoms with Crippen molar-refractivity contribution >= 4 is 23.6 Å². The van der Waals surface area contributed by atoms with Gasteiger partial charge in [0.05, 0.1) is 12.5 Å². The zero-order chi connectivity index (χ0) is 19.5. The Morgan fingerprint density at radius 3 is 2.73 bits per heavy atom. The molecule has 26 heavy (non-hydrogen) atoms. The first kappa shape index (κ1) is 21.4. The van der Waals surface area contributed by atoms with Gasteiger partial charge in [-0.25, -0.2) is 4.79 Å². The Morgan fingerprint density at radius 2 is 2.08 bits per heavy atom. The molecule has 0 spiro atoms. The Hall–Kier alpha value is -2.68. The van der Waals surface area contributed by atoms with Gasteiger partial charge in [0.15, 0.2) is 5.78 Å². The number of aliphatic hydroxyl groups excluding tert-OH is 1. The Bertz CT molecular complexity index is 588. The molecule has 144 valence electrons. The van der Waals surface area contributed by atoms with Crippen LogP contribution in [-0.4, -0.2) is 61.0 Å². The molecule has 1 heterocycles. The summed E-state index contributed by atoms with van der Waals surface area (Å²) in [5, 5.41) is 19.4. The standard InChI is InChI=1S/C17H26N4O5/c1-11-6-7-15(24)19-8-4-3-5-12(16(25)20-11)9-14(23)13(10-22)21-17(26)18-2/h3,5-7,11-13,22H,4,8-10H2,1-2H3,(H,19,24)(H,20,25)(H2,18,21,26)/b5-3+,7-6+/t11-,12+,13?/m0/s1. The van der Waals surface area contributed by atoms with Crippen LogP contribution in [0.5, 0.6) is 0 Å². The number of aliphatic hydroxyl groups is 1. The maximum atomic E-state index is 12.4. The van der Waals surface area contributed by atoms with Crippen LogP contribution in [0.15, 0.2) is 24.3 Å². The molecule has 1 rings (SSSR count).